The quantitative estimate of drug-likeness (QED) is 0.465. The molecule has 1 aliphatic rings. The van der Waals surface area contributed by atoms with E-state index in [1.165, 1.54) is 41.5 Å². The zero-order chi connectivity index (χ0) is 24.8. The Labute approximate surface area is 202 Å². The molecule has 2 aromatic carbocycles. The molecule has 4 rings (SSSR count). The van der Waals surface area contributed by atoms with Crippen molar-refractivity contribution in [2.24, 2.45) is 5.10 Å². The van der Waals surface area contributed by atoms with E-state index in [9.17, 15) is 14.0 Å². The van der Waals surface area contributed by atoms with Crippen LogP contribution in [0.4, 0.5) is 4.39 Å². The smallest absolute Gasteiger partial charge is 0.262 e. The van der Waals surface area contributed by atoms with Gasteiger partial charge in [0.05, 0.1) is 31.3 Å². The highest BCUT2D eigenvalue weighted by molar-refractivity contribution is 6.03. The summed E-state index contributed by atoms with van der Waals surface area (Å²) in [4.78, 5) is 27.8. The Morgan fingerprint density at radius 3 is 2.54 bits per heavy atom. The molecule has 2 amide bonds. The van der Waals surface area contributed by atoms with E-state index in [1.54, 1.807) is 25.3 Å². The number of carbonyl (C=O) groups is 2. The monoisotopic (exact) mass is 479 g/mol. The number of furan rings is 1. The molecule has 0 fully saturated rings. The van der Waals surface area contributed by atoms with E-state index >= 15 is 0 Å². The van der Waals surface area contributed by atoms with Gasteiger partial charge in [-0.15, -0.1) is 0 Å². The number of hydrazone groups is 1. The van der Waals surface area contributed by atoms with Gasteiger partial charge in [-0.25, -0.2) is 9.40 Å². The van der Waals surface area contributed by atoms with Crippen molar-refractivity contribution in [2.45, 2.75) is 12.5 Å². The summed E-state index contributed by atoms with van der Waals surface area (Å²) in [7, 11) is 3.08. The summed E-state index contributed by atoms with van der Waals surface area (Å²) >= 11 is 0. The number of nitrogens with zero attached hydrogens (tertiary/aromatic N) is 3. The second-order valence-corrected chi connectivity index (χ2v) is 7.95. The number of benzene rings is 2. The van der Waals surface area contributed by atoms with E-state index in [0.717, 1.165) is 5.56 Å². The van der Waals surface area contributed by atoms with E-state index in [0.29, 0.717) is 23.6 Å². The molecule has 9 heteroatoms. The lowest BCUT2D eigenvalue weighted by Crippen LogP contribution is -2.43. The average molecular weight is 480 g/mol. The topological polar surface area (TPSA) is 84.6 Å². The fourth-order valence-corrected chi connectivity index (χ4v) is 3.90. The Balaban J connectivity index is 1.60. The lowest BCUT2D eigenvalue weighted by atomic mass is 10.0. The van der Waals surface area contributed by atoms with Crippen molar-refractivity contribution in [3.05, 3.63) is 89.6 Å². The predicted molar refractivity (Wildman–Crippen MR) is 127 cm³/mol. The van der Waals surface area contributed by atoms with Gasteiger partial charge in [0.25, 0.3) is 11.8 Å². The third-order valence-corrected chi connectivity index (χ3v) is 5.74. The van der Waals surface area contributed by atoms with Gasteiger partial charge in [0.2, 0.25) is 0 Å². The number of hydrogen-bond donors (Lipinski definition) is 0. The van der Waals surface area contributed by atoms with E-state index in [1.807, 2.05) is 24.3 Å². The first-order chi connectivity index (χ1) is 17.0. The van der Waals surface area contributed by atoms with Crippen LogP contribution in [-0.4, -0.2) is 61.4 Å². The maximum absolute atomic E-state index is 14.3. The summed E-state index contributed by atoms with van der Waals surface area (Å²) in [5, 5.41) is 5.93. The fourth-order valence-electron chi connectivity index (χ4n) is 3.90. The van der Waals surface area contributed by atoms with E-state index < -0.39 is 23.7 Å². The Kier molecular flexibility index (Phi) is 7.57. The van der Waals surface area contributed by atoms with Gasteiger partial charge in [-0.3, -0.25) is 9.59 Å². The molecule has 0 unspecified atom stereocenters. The molecule has 182 valence electrons. The Bertz CT molecular complexity index is 1190. The highest BCUT2D eigenvalue weighted by atomic mass is 19.1. The van der Waals surface area contributed by atoms with Gasteiger partial charge < -0.3 is 18.8 Å². The summed E-state index contributed by atoms with van der Waals surface area (Å²) in [6.07, 6.45) is 1.97. The highest BCUT2D eigenvalue weighted by Crippen LogP contribution is 2.33. The molecule has 0 bridgehead atoms. The average Bonchev–Trinajstić information content (AvgIpc) is 3.57. The van der Waals surface area contributed by atoms with Gasteiger partial charge in [0, 0.05) is 20.1 Å². The molecular formula is C26H26FN3O5. The number of methoxy groups -OCH3 is 2. The van der Waals surface area contributed by atoms with E-state index in [-0.39, 0.29) is 25.3 Å². The maximum Gasteiger partial charge on any atom is 0.262 e. The molecule has 0 spiro atoms. The van der Waals surface area contributed by atoms with Gasteiger partial charge in [-0.05, 0) is 54.1 Å². The first kappa shape index (κ1) is 24.2. The number of carbonyl (C=O) groups excluding carboxylic acids is 2. The van der Waals surface area contributed by atoms with Crippen LogP contribution in [0.25, 0.3) is 0 Å². The lowest BCUT2D eigenvalue weighted by Gasteiger charge is -2.26. The molecule has 35 heavy (non-hydrogen) atoms. The minimum Gasteiger partial charge on any atom is -0.497 e. The zero-order valence-electron chi connectivity index (χ0n) is 19.5. The number of hydrogen-bond acceptors (Lipinski definition) is 6. The van der Waals surface area contributed by atoms with Crippen molar-refractivity contribution in [1.82, 2.24) is 9.91 Å². The SMILES string of the molecule is COCCN(CC(=O)N1N=C(c2ccc(OC)cc2)C[C@@H]1c1ccco1)C(=O)c1ccccc1F. The van der Waals surface area contributed by atoms with Crippen molar-refractivity contribution in [3.8, 4) is 5.75 Å². The largest absolute Gasteiger partial charge is 0.497 e. The molecule has 1 aromatic heterocycles. The molecule has 0 N–H and O–H groups in total. The summed E-state index contributed by atoms with van der Waals surface area (Å²) < 4.78 is 30.2. The number of ether oxygens (including phenoxy) is 2. The van der Waals surface area contributed by atoms with Gasteiger partial charge in [0.15, 0.2) is 0 Å². The Morgan fingerprint density at radius 2 is 1.89 bits per heavy atom. The standard InChI is InChI=1S/C26H26FN3O5/c1-33-15-13-29(26(32)20-6-3-4-7-21(20)27)17-25(31)30-23(24-8-5-14-35-24)16-22(28-30)18-9-11-19(34-2)12-10-18/h3-12,14,23H,13,15-17H2,1-2H3/t23-/m1/s1. The second-order valence-electron chi connectivity index (χ2n) is 7.95. The Morgan fingerprint density at radius 1 is 1.11 bits per heavy atom. The molecule has 0 radical (unpaired) electrons. The third-order valence-electron chi connectivity index (χ3n) is 5.74. The summed E-state index contributed by atoms with van der Waals surface area (Å²) in [5.74, 6) is -0.378. The van der Waals surface area contributed by atoms with Gasteiger partial charge in [-0.2, -0.15) is 5.10 Å². The minimum atomic E-state index is -0.651. The van der Waals surface area contributed by atoms with Crippen LogP contribution in [0.1, 0.15) is 34.1 Å². The lowest BCUT2D eigenvalue weighted by molar-refractivity contribution is -0.134. The van der Waals surface area contributed by atoms with Crippen molar-refractivity contribution < 1.29 is 27.9 Å². The number of rotatable bonds is 9. The minimum absolute atomic E-state index is 0.108. The van der Waals surface area contributed by atoms with Crippen molar-refractivity contribution in [1.29, 1.82) is 0 Å². The van der Waals surface area contributed by atoms with Crippen molar-refractivity contribution >= 4 is 17.5 Å². The molecular weight excluding hydrogens is 453 g/mol. The molecule has 1 atom stereocenters. The van der Waals surface area contributed by atoms with E-state index in [2.05, 4.69) is 5.10 Å². The summed E-state index contributed by atoms with van der Waals surface area (Å²) in [6.45, 7) is 0.00625. The van der Waals surface area contributed by atoms with Crippen molar-refractivity contribution in [2.75, 3.05) is 33.9 Å². The molecule has 3 aromatic rings. The van der Waals surface area contributed by atoms with Crippen LogP contribution < -0.4 is 4.74 Å². The number of amides is 2. The van der Waals surface area contributed by atoms with Gasteiger partial charge >= 0.3 is 0 Å². The number of halogens is 1. The maximum atomic E-state index is 14.3. The van der Waals surface area contributed by atoms with Gasteiger partial charge in [-0.1, -0.05) is 12.1 Å². The highest BCUT2D eigenvalue weighted by Gasteiger charge is 2.36. The first-order valence-corrected chi connectivity index (χ1v) is 11.1. The summed E-state index contributed by atoms with van der Waals surface area (Å²) in [5.41, 5.74) is 1.44. The molecule has 0 saturated carbocycles. The second kappa shape index (κ2) is 11.0. The summed E-state index contributed by atoms with van der Waals surface area (Å²) in [6, 6.07) is 16.1. The van der Waals surface area contributed by atoms with Crippen LogP contribution in [0.15, 0.2) is 76.4 Å². The third kappa shape index (κ3) is 5.41. The van der Waals surface area contributed by atoms with Crippen LogP contribution in [0, 0.1) is 5.82 Å². The van der Waals surface area contributed by atoms with Crippen LogP contribution >= 0.6 is 0 Å². The van der Waals surface area contributed by atoms with E-state index in [4.69, 9.17) is 13.9 Å². The van der Waals surface area contributed by atoms with Crippen LogP contribution in [0.3, 0.4) is 0 Å². The van der Waals surface area contributed by atoms with Crippen molar-refractivity contribution in [3.63, 3.8) is 0 Å². The molecule has 2 heterocycles. The zero-order valence-corrected chi connectivity index (χ0v) is 19.5. The molecule has 1 aliphatic heterocycles. The fraction of sp³-hybridized carbons (Fsp3) is 0.269. The Hall–Kier alpha value is -3.98. The molecule has 8 nitrogen and oxygen atoms in total. The first-order valence-electron chi connectivity index (χ1n) is 11.1. The van der Waals surface area contributed by atoms with Crippen LogP contribution in [0.2, 0.25) is 0 Å². The van der Waals surface area contributed by atoms with Gasteiger partial charge in [0.1, 0.15) is 29.9 Å². The molecule has 0 saturated heterocycles. The molecule has 0 aliphatic carbocycles. The predicted octanol–water partition coefficient (Wildman–Crippen LogP) is 3.89. The normalized spacial score (nSPS) is 15.1. The van der Waals surface area contributed by atoms with Crippen LogP contribution in [0.5, 0.6) is 5.75 Å². The van der Waals surface area contributed by atoms with Crippen LogP contribution in [-0.2, 0) is 9.53 Å².